The lowest BCUT2D eigenvalue weighted by Crippen LogP contribution is -2.40. The zero-order chi connectivity index (χ0) is 14.9. The molecule has 1 aromatic rings. The summed E-state index contributed by atoms with van der Waals surface area (Å²) in [6, 6.07) is 0. The zero-order valence-electron chi connectivity index (χ0n) is 11.8. The fourth-order valence-corrected chi connectivity index (χ4v) is 3.30. The molecule has 0 atom stereocenters. The normalized spacial score (nSPS) is 16.2. The fraction of sp³-hybridized carbons (Fsp3) is 0.615. The Kier molecular flexibility index (Phi) is 4.27. The second-order valence-corrected chi connectivity index (χ2v) is 5.89. The van der Waals surface area contributed by atoms with Crippen molar-refractivity contribution in [2.24, 2.45) is 13.0 Å². The molecule has 0 unspecified atom stereocenters. The van der Waals surface area contributed by atoms with Crippen molar-refractivity contribution in [3.05, 3.63) is 20.2 Å². The molecule has 0 spiro atoms. The SMILES string of the molecule is COC(=O)C1CCN(C(=O)c2sc(=O)n(C)c2C)CC1. The first-order valence-corrected chi connectivity index (χ1v) is 7.31. The predicted octanol–water partition coefficient (Wildman–Crippen LogP) is 0.780. The van der Waals surface area contributed by atoms with Gasteiger partial charge in [-0.25, -0.2) is 0 Å². The number of carbonyl (C=O) groups is 2. The Hall–Kier alpha value is -1.63. The van der Waals surface area contributed by atoms with Crippen LogP contribution in [-0.4, -0.2) is 41.5 Å². The summed E-state index contributed by atoms with van der Waals surface area (Å²) in [4.78, 5) is 37.5. The third-order valence-corrected chi connectivity index (χ3v) is 4.93. The van der Waals surface area contributed by atoms with Crippen LogP contribution in [0.1, 0.15) is 28.2 Å². The molecule has 1 aliphatic rings. The lowest BCUT2D eigenvalue weighted by molar-refractivity contribution is -0.146. The van der Waals surface area contributed by atoms with E-state index < -0.39 is 0 Å². The number of amides is 1. The smallest absolute Gasteiger partial charge is 0.308 e. The third-order valence-electron chi connectivity index (χ3n) is 3.81. The van der Waals surface area contributed by atoms with Gasteiger partial charge in [0.2, 0.25) is 0 Å². The number of nitrogens with zero attached hydrogens (tertiary/aromatic N) is 2. The van der Waals surface area contributed by atoms with Gasteiger partial charge in [-0.15, -0.1) is 0 Å². The minimum atomic E-state index is -0.211. The number of aromatic nitrogens is 1. The van der Waals surface area contributed by atoms with Gasteiger partial charge in [0.1, 0.15) is 4.88 Å². The van der Waals surface area contributed by atoms with Gasteiger partial charge in [0.15, 0.2) is 0 Å². The van der Waals surface area contributed by atoms with E-state index in [-0.39, 0.29) is 22.7 Å². The maximum absolute atomic E-state index is 12.4. The second-order valence-electron chi connectivity index (χ2n) is 4.93. The number of esters is 1. The van der Waals surface area contributed by atoms with E-state index in [1.165, 1.54) is 11.7 Å². The van der Waals surface area contributed by atoms with E-state index in [0.717, 1.165) is 11.3 Å². The van der Waals surface area contributed by atoms with E-state index in [1.807, 2.05) is 0 Å². The standard InChI is InChI=1S/C13H18N2O4S/c1-8-10(20-13(18)14(8)2)11(16)15-6-4-9(5-7-15)12(17)19-3/h9H,4-7H2,1-3H3. The van der Waals surface area contributed by atoms with Crippen molar-refractivity contribution in [3.8, 4) is 0 Å². The van der Waals surface area contributed by atoms with Gasteiger partial charge in [-0.1, -0.05) is 11.3 Å². The Morgan fingerprint density at radius 1 is 1.30 bits per heavy atom. The Bertz CT molecular complexity index is 582. The lowest BCUT2D eigenvalue weighted by atomic mass is 9.97. The molecule has 1 fully saturated rings. The fourth-order valence-electron chi connectivity index (χ4n) is 2.35. The molecule has 0 bridgehead atoms. The first-order valence-electron chi connectivity index (χ1n) is 6.49. The van der Waals surface area contributed by atoms with Crippen LogP contribution in [0.5, 0.6) is 0 Å². The van der Waals surface area contributed by atoms with E-state index in [4.69, 9.17) is 4.74 Å². The van der Waals surface area contributed by atoms with Crippen LogP contribution in [-0.2, 0) is 16.6 Å². The highest BCUT2D eigenvalue weighted by Gasteiger charge is 2.30. The summed E-state index contributed by atoms with van der Waals surface area (Å²) >= 11 is 0.979. The molecule has 7 heteroatoms. The third kappa shape index (κ3) is 2.63. The van der Waals surface area contributed by atoms with Crippen LogP contribution >= 0.6 is 11.3 Å². The molecule has 110 valence electrons. The molecular weight excluding hydrogens is 280 g/mol. The molecule has 1 aromatic heterocycles. The Balaban J connectivity index is 2.07. The van der Waals surface area contributed by atoms with Gasteiger partial charge in [-0.05, 0) is 19.8 Å². The summed E-state index contributed by atoms with van der Waals surface area (Å²) in [5.74, 6) is -0.453. The number of methoxy groups -OCH3 is 1. The number of hydrogen-bond donors (Lipinski definition) is 0. The van der Waals surface area contributed by atoms with Gasteiger partial charge in [-0.3, -0.25) is 14.4 Å². The van der Waals surface area contributed by atoms with E-state index >= 15 is 0 Å². The van der Waals surface area contributed by atoms with Crippen LogP contribution in [0.25, 0.3) is 0 Å². The average Bonchev–Trinajstić information content (AvgIpc) is 2.73. The maximum Gasteiger partial charge on any atom is 0.308 e. The highest BCUT2D eigenvalue weighted by Crippen LogP contribution is 2.22. The Morgan fingerprint density at radius 3 is 2.35 bits per heavy atom. The molecule has 0 N–H and O–H groups in total. The average molecular weight is 298 g/mol. The first-order chi connectivity index (χ1) is 9.45. The Labute approximate surface area is 121 Å². The molecule has 0 aliphatic carbocycles. The summed E-state index contributed by atoms with van der Waals surface area (Å²) < 4.78 is 6.21. The number of likely N-dealkylation sites (tertiary alicyclic amines) is 1. The number of carbonyl (C=O) groups excluding carboxylic acids is 2. The van der Waals surface area contributed by atoms with E-state index in [2.05, 4.69) is 0 Å². The number of ether oxygens (including phenoxy) is 1. The predicted molar refractivity (Wildman–Crippen MR) is 74.9 cm³/mol. The molecule has 1 amide bonds. The zero-order valence-corrected chi connectivity index (χ0v) is 12.7. The lowest BCUT2D eigenvalue weighted by Gasteiger charge is -2.30. The molecule has 0 radical (unpaired) electrons. The van der Waals surface area contributed by atoms with Gasteiger partial charge in [0.05, 0.1) is 13.0 Å². The molecule has 2 rings (SSSR count). The van der Waals surface area contributed by atoms with Crippen LogP contribution in [0.15, 0.2) is 4.79 Å². The van der Waals surface area contributed by atoms with Crippen LogP contribution in [0.2, 0.25) is 0 Å². The molecular formula is C13H18N2O4S. The minimum absolute atomic E-state index is 0.117. The quantitative estimate of drug-likeness (QED) is 0.757. The number of hydrogen-bond acceptors (Lipinski definition) is 5. The monoisotopic (exact) mass is 298 g/mol. The van der Waals surface area contributed by atoms with Gasteiger partial charge < -0.3 is 14.2 Å². The van der Waals surface area contributed by atoms with Gasteiger partial charge in [-0.2, -0.15) is 0 Å². The van der Waals surface area contributed by atoms with Crippen molar-refractivity contribution in [2.75, 3.05) is 20.2 Å². The van der Waals surface area contributed by atoms with E-state index in [1.54, 1.807) is 18.9 Å². The van der Waals surface area contributed by atoms with Crippen molar-refractivity contribution in [1.82, 2.24) is 9.47 Å². The van der Waals surface area contributed by atoms with Gasteiger partial charge in [0.25, 0.3) is 5.91 Å². The Morgan fingerprint density at radius 2 is 1.90 bits per heavy atom. The second kappa shape index (κ2) is 5.78. The maximum atomic E-state index is 12.4. The first kappa shape index (κ1) is 14.8. The summed E-state index contributed by atoms with van der Waals surface area (Å²) in [5, 5.41) is 0. The number of rotatable bonds is 2. The minimum Gasteiger partial charge on any atom is -0.469 e. The molecule has 6 nitrogen and oxygen atoms in total. The van der Waals surface area contributed by atoms with Gasteiger partial charge >= 0.3 is 10.8 Å². The molecule has 0 saturated carbocycles. The van der Waals surface area contributed by atoms with Crippen LogP contribution < -0.4 is 4.87 Å². The largest absolute Gasteiger partial charge is 0.469 e. The van der Waals surface area contributed by atoms with Crippen LogP contribution in [0.4, 0.5) is 0 Å². The molecule has 20 heavy (non-hydrogen) atoms. The highest BCUT2D eigenvalue weighted by atomic mass is 32.1. The van der Waals surface area contributed by atoms with Crippen molar-refractivity contribution in [1.29, 1.82) is 0 Å². The number of piperidine rings is 1. The van der Waals surface area contributed by atoms with Crippen molar-refractivity contribution in [2.45, 2.75) is 19.8 Å². The summed E-state index contributed by atoms with van der Waals surface area (Å²) in [6.07, 6.45) is 1.22. The van der Waals surface area contributed by atoms with Crippen LogP contribution in [0, 0.1) is 12.8 Å². The van der Waals surface area contributed by atoms with E-state index in [9.17, 15) is 14.4 Å². The highest BCUT2D eigenvalue weighted by molar-refractivity contribution is 7.11. The summed E-state index contributed by atoms with van der Waals surface area (Å²) in [5.41, 5.74) is 0.695. The topological polar surface area (TPSA) is 68.6 Å². The van der Waals surface area contributed by atoms with Crippen molar-refractivity contribution >= 4 is 23.2 Å². The van der Waals surface area contributed by atoms with Gasteiger partial charge in [0, 0.05) is 25.8 Å². The number of thiazole rings is 1. The summed E-state index contributed by atoms with van der Waals surface area (Å²) in [7, 11) is 3.04. The van der Waals surface area contributed by atoms with Crippen LogP contribution in [0.3, 0.4) is 0 Å². The van der Waals surface area contributed by atoms with E-state index in [0.29, 0.717) is 36.5 Å². The molecule has 1 aliphatic heterocycles. The van der Waals surface area contributed by atoms with Crippen molar-refractivity contribution < 1.29 is 14.3 Å². The molecule has 0 aromatic carbocycles. The molecule has 1 saturated heterocycles. The van der Waals surface area contributed by atoms with Crippen molar-refractivity contribution in [3.63, 3.8) is 0 Å². The summed E-state index contributed by atoms with van der Waals surface area (Å²) in [6.45, 7) is 2.81. The molecule has 2 heterocycles.